The average molecular weight is 128 g/mol. The van der Waals surface area contributed by atoms with Crippen LogP contribution in [0.25, 0.3) is 0 Å². The van der Waals surface area contributed by atoms with Crippen molar-refractivity contribution in [1.29, 1.82) is 0 Å². The molecule has 2 heteroatoms. The second-order valence-electron chi connectivity index (χ2n) is 2.86. The van der Waals surface area contributed by atoms with Crippen molar-refractivity contribution in [2.75, 3.05) is 20.1 Å². The molecule has 1 fully saturated rings. The fourth-order valence-electron chi connectivity index (χ4n) is 1.21. The largest absolute Gasteiger partial charge is 0.306 e. The third-order valence-electron chi connectivity index (χ3n) is 1.90. The van der Waals surface area contributed by atoms with Gasteiger partial charge in [-0.1, -0.05) is 0 Å². The molecule has 0 aromatic rings. The van der Waals surface area contributed by atoms with Crippen molar-refractivity contribution in [3.05, 3.63) is 0 Å². The summed E-state index contributed by atoms with van der Waals surface area (Å²) in [4.78, 5) is 2.23. The lowest BCUT2D eigenvalue weighted by molar-refractivity contribution is 0.0764. The molecule has 0 aromatic heterocycles. The van der Waals surface area contributed by atoms with Crippen molar-refractivity contribution < 1.29 is 5.11 Å². The topological polar surface area (TPSA) is 23.1 Å². The minimum Gasteiger partial charge on any atom is -0.306 e. The molecular formula is C7H14NO. The van der Waals surface area contributed by atoms with E-state index in [0.717, 1.165) is 32.4 Å². The first-order valence-corrected chi connectivity index (χ1v) is 3.63. The molecular weight excluding hydrogens is 114 g/mol. The first kappa shape index (κ1) is 7.03. The second kappa shape index (κ2) is 3.18. The Balaban J connectivity index is 2.25. The van der Waals surface area contributed by atoms with Crippen molar-refractivity contribution in [1.82, 2.24) is 4.90 Å². The Labute approximate surface area is 56.5 Å². The lowest BCUT2D eigenvalue weighted by Gasteiger charge is -2.10. The van der Waals surface area contributed by atoms with Crippen LogP contribution in [0.1, 0.15) is 19.3 Å². The number of rotatable bonds is 0. The molecule has 0 N–H and O–H groups in total. The van der Waals surface area contributed by atoms with Crippen molar-refractivity contribution in [2.24, 2.45) is 0 Å². The van der Waals surface area contributed by atoms with Gasteiger partial charge in [0.25, 0.3) is 0 Å². The predicted octanol–water partition coefficient (Wildman–Crippen LogP) is 0.901. The Bertz CT molecular complexity index is 75.0. The van der Waals surface area contributed by atoms with Gasteiger partial charge in [-0.05, 0) is 32.9 Å². The van der Waals surface area contributed by atoms with Crippen LogP contribution in [0.15, 0.2) is 0 Å². The van der Waals surface area contributed by atoms with Crippen molar-refractivity contribution >= 4 is 0 Å². The van der Waals surface area contributed by atoms with Gasteiger partial charge in [0.05, 0.1) is 6.10 Å². The van der Waals surface area contributed by atoms with Gasteiger partial charge in [-0.15, -0.1) is 0 Å². The molecule has 0 saturated carbocycles. The van der Waals surface area contributed by atoms with Gasteiger partial charge in [0.2, 0.25) is 0 Å². The van der Waals surface area contributed by atoms with Crippen LogP contribution < -0.4 is 0 Å². The van der Waals surface area contributed by atoms with Gasteiger partial charge >= 0.3 is 0 Å². The third-order valence-corrected chi connectivity index (χ3v) is 1.90. The fraction of sp³-hybridized carbons (Fsp3) is 1.00. The lowest BCUT2D eigenvalue weighted by atomic mass is 10.2. The molecule has 1 rings (SSSR count). The van der Waals surface area contributed by atoms with Crippen LogP contribution in [0.3, 0.4) is 0 Å². The van der Waals surface area contributed by atoms with Crippen LogP contribution in [0, 0.1) is 0 Å². The quantitative estimate of drug-likeness (QED) is 0.475. The number of likely N-dealkylation sites (tertiary alicyclic amines) is 1. The summed E-state index contributed by atoms with van der Waals surface area (Å²) in [7, 11) is 2.08. The van der Waals surface area contributed by atoms with E-state index in [1.165, 1.54) is 0 Å². The van der Waals surface area contributed by atoms with Crippen molar-refractivity contribution in [2.45, 2.75) is 25.4 Å². The fourth-order valence-corrected chi connectivity index (χ4v) is 1.21. The average Bonchev–Trinajstić information content (AvgIpc) is 1.97. The summed E-state index contributed by atoms with van der Waals surface area (Å²) in [6.07, 6.45) is 2.53. The molecule has 53 valence electrons. The van der Waals surface area contributed by atoms with Gasteiger partial charge in [0.15, 0.2) is 0 Å². The molecule has 1 heterocycles. The van der Waals surface area contributed by atoms with Crippen LogP contribution in [-0.2, 0) is 5.11 Å². The summed E-state index contributed by atoms with van der Waals surface area (Å²) >= 11 is 0. The molecule has 1 radical (unpaired) electrons. The molecule has 1 saturated heterocycles. The maximum absolute atomic E-state index is 10.9. The zero-order chi connectivity index (χ0) is 6.69. The van der Waals surface area contributed by atoms with Gasteiger partial charge in [-0.2, -0.15) is 0 Å². The smallest absolute Gasteiger partial charge is 0.0942 e. The Hall–Kier alpha value is -0.0800. The SMILES string of the molecule is CN1CCCC([O])CC1. The minimum atomic E-state index is -0.282. The van der Waals surface area contributed by atoms with E-state index in [9.17, 15) is 5.11 Å². The van der Waals surface area contributed by atoms with E-state index in [0.29, 0.717) is 0 Å². The summed E-state index contributed by atoms with van der Waals surface area (Å²) in [5, 5.41) is 10.9. The molecule has 1 aliphatic rings. The summed E-state index contributed by atoms with van der Waals surface area (Å²) in [6, 6.07) is 0. The molecule has 0 spiro atoms. The third kappa shape index (κ3) is 2.33. The standard InChI is InChI=1S/C7H14NO/c1-8-5-2-3-7(9)4-6-8/h7H,2-6H2,1H3. The van der Waals surface area contributed by atoms with Crippen LogP contribution in [0.4, 0.5) is 0 Å². The van der Waals surface area contributed by atoms with Crippen molar-refractivity contribution in [3.8, 4) is 0 Å². The van der Waals surface area contributed by atoms with E-state index in [1.54, 1.807) is 0 Å². The molecule has 1 unspecified atom stereocenters. The first-order valence-electron chi connectivity index (χ1n) is 3.63. The molecule has 0 aliphatic carbocycles. The predicted molar refractivity (Wildman–Crippen MR) is 35.8 cm³/mol. The van der Waals surface area contributed by atoms with Crippen LogP contribution >= 0.6 is 0 Å². The number of hydrogen-bond donors (Lipinski definition) is 0. The number of hydrogen-bond acceptors (Lipinski definition) is 1. The number of nitrogens with zero attached hydrogens (tertiary/aromatic N) is 1. The minimum absolute atomic E-state index is 0.282. The highest BCUT2D eigenvalue weighted by atomic mass is 16.3. The highest BCUT2D eigenvalue weighted by molar-refractivity contribution is 4.65. The van der Waals surface area contributed by atoms with E-state index in [4.69, 9.17) is 0 Å². The summed E-state index contributed by atoms with van der Waals surface area (Å²) in [6.45, 7) is 2.10. The maximum atomic E-state index is 10.9. The molecule has 0 bridgehead atoms. The highest BCUT2D eigenvalue weighted by Crippen LogP contribution is 2.08. The summed E-state index contributed by atoms with van der Waals surface area (Å²) in [5.41, 5.74) is 0. The van der Waals surface area contributed by atoms with Gasteiger partial charge in [0, 0.05) is 6.54 Å². The van der Waals surface area contributed by atoms with E-state index in [2.05, 4.69) is 11.9 Å². The van der Waals surface area contributed by atoms with Crippen LogP contribution in [0.2, 0.25) is 0 Å². The van der Waals surface area contributed by atoms with E-state index in [1.807, 2.05) is 0 Å². The summed E-state index contributed by atoms with van der Waals surface area (Å²) in [5.74, 6) is 0. The van der Waals surface area contributed by atoms with E-state index >= 15 is 0 Å². The highest BCUT2D eigenvalue weighted by Gasteiger charge is 2.12. The van der Waals surface area contributed by atoms with Gasteiger partial charge in [0.1, 0.15) is 0 Å². The maximum Gasteiger partial charge on any atom is 0.0942 e. The Morgan fingerprint density at radius 3 is 2.89 bits per heavy atom. The lowest BCUT2D eigenvalue weighted by Crippen LogP contribution is -2.19. The molecule has 2 nitrogen and oxygen atoms in total. The Morgan fingerprint density at radius 1 is 1.33 bits per heavy atom. The second-order valence-corrected chi connectivity index (χ2v) is 2.86. The zero-order valence-electron chi connectivity index (χ0n) is 5.97. The Kier molecular flexibility index (Phi) is 2.49. The first-order chi connectivity index (χ1) is 4.29. The van der Waals surface area contributed by atoms with E-state index in [-0.39, 0.29) is 6.10 Å². The molecule has 1 aliphatic heterocycles. The molecule has 0 amide bonds. The molecule has 9 heavy (non-hydrogen) atoms. The van der Waals surface area contributed by atoms with Gasteiger partial charge in [-0.25, -0.2) is 5.11 Å². The van der Waals surface area contributed by atoms with Gasteiger partial charge < -0.3 is 4.90 Å². The van der Waals surface area contributed by atoms with E-state index < -0.39 is 0 Å². The Morgan fingerprint density at radius 2 is 2.11 bits per heavy atom. The van der Waals surface area contributed by atoms with Crippen LogP contribution in [-0.4, -0.2) is 31.1 Å². The zero-order valence-corrected chi connectivity index (χ0v) is 5.97. The normalized spacial score (nSPS) is 32.0. The monoisotopic (exact) mass is 128 g/mol. The van der Waals surface area contributed by atoms with Crippen molar-refractivity contribution in [3.63, 3.8) is 0 Å². The molecule has 0 aromatic carbocycles. The van der Waals surface area contributed by atoms with Crippen LogP contribution in [0.5, 0.6) is 0 Å². The molecule has 1 atom stereocenters. The summed E-state index contributed by atoms with van der Waals surface area (Å²) < 4.78 is 0. The van der Waals surface area contributed by atoms with Gasteiger partial charge in [-0.3, -0.25) is 0 Å².